The van der Waals surface area contributed by atoms with Gasteiger partial charge < -0.3 is 21.0 Å². The molecule has 0 aromatic rings. The zero-order chi connectivity index (χ0) is 13.1. The van der Waals surface area contributed by atoms with Crippen molar-refractivity contribution in [3.05, 3.63) is 10.1 Å². The van der Waals surface area contributed by atoms with Crippen LogP contribution in [0.1, 0.15) is 32.1 Å². The van der Waals surface area contributed by atoms with Gasteiger partial charge in [0, 0.05) is 13.1 Å². The molecule has 0 aromatic carbocycles. The maximum Gasteiger partial charge on any atom is 0.404 e. The van der Waals surface area contributed by atoms with Crippen molar-refractivity contribution in [1.29, 1.82) is 0 Å². The third kappa shape index (κ3) is 10.7. The molecule has 1 fully saturated rings. The molecule has 1 rings (SSSR count). The maximum absolute atomic E-state index is 9.85. The van der Waals surface area contributed by atoms with Crippen LogP contribution in [0.5, 0.6) is 0 Å². The Bertz CT molecular complexity index is 231. The van der Waals surface area contributed by atoms with Crippen molar-refractivity contribution in [2.45, 2.75) is 38.2 Å². The summed E-state index contributed by atoms with van der Waals surface area (Å²) in [5.41, 5.74) is 4.95. The Morgan fingerprint density at radius 1 is 1.47 bits per heavy atom. The molecule has 17 heavy (non-hydrogen) atoms. The van der Waals surface area contributed by atoms with Crippen LogP contribution < -0.4 is 11.1 Å². The predicted octanol–water partition coefficient (Wildman–Crippen LogP) is 0.740. The monoisotopic (exact) mass is 249 g/mol. The molecule has 4 N–H and O–H groups in total. The second kappa shape index (κ2) is 9.64. The van der Waals surface area contributed by atoms with E-state index < -0.39 is 11.2 Å². The minimum absolute atomic E-state index is 0.122. The number of hydrogen-bond acceptors (Lipinski definition) is 5. The fourth-order valence-corrected chi connectivity index (χ4v) is 1.47. The Balaban J connectivity index is 0.000000325. The van der Waals surface area contributed by atoms with E-state index in [-0.39, 0.29) is 6.10 Å². The summed E-state index contributed by atoms with van der Waals surface area (Å²) in [6.07, 6.45) is 3.88. The molecule has 1 aliphatic rings. The van der Waals surface area contributed by atoms with Crippen LogP contribution in [0, 0.1) is 10.1 Å². The highest BCUT2D eigenvalue weighted by Gasteiger charge is 2.16. The topological polar surface area (TPSA) is 128 Å². The van der Waals surface area contributed by atoms with Gasteiger partial charge in [0.25, 0.3) is 5.09 Å². The van der Waals surface area contributed by atoms with E-state index in [9.17, 15) is 14.9 Å². The van der Waals surface area contributed by atoms with Gasteiger partial charge in [0.15, 0.2) is 0 Å². The first-order valence-electron chi connectivity index (χ1n) is 5.54. The van der Waals surface area contributed by atoms with E-state index in [4.69, 9.17) is 10.8 Å². The Kier molecular flexibility index (Phi) is 8.75. The Labute approximate surface area is 99.2 Å². The second-order valence-corrected chi connectivity index (χ2v) is 3.61. The maximum atomic E-state index is 9.85. The Hall–Kier alpha value is -1.57. The zero-order valence-corrected chi connectivity index (χ0v) is 9.63. The molecule has 0 heterocycles. The molecule has 8 heteroatoms. The average Bonchev–Trinajstić information content (AvgIpc) is 2.27. The van der Waals surface area contributed by atoms with Crippen molar-refractivity contribution < 1.29 is 19.8 Å². The third-order valence-corrected chi connectivity index (χ3v) is 2.21. The van der Waals surface area contributed by atoms with Gasteiger partial charge in [-0.15, -0.1) is 10.1 Å². The van der Waals surface area contributed by atoms with Gasteiger partial charge >= 0.3 is 6.09 Å². The van der Waals surface area contributed by atoms with Gasteiger partial charge in [0.1, 0.15) is 6.10 Å². The summed E-state index contributed by atoms with van der Waals surface area (Å²) in [4.78, 5) is 23.9. The molecule has 1 saturated carbocycles. The van der Waals surface area contributed by atoms with Gasteiger partial charge in [-0.3, -0.25) is 0 Å². The number of nitrogens with one attached hydrogen (secondary N) is 1. The molecule has 0 atom stereocenters. The first kappa shape index (κ1) is 15.4. The largest absolute Gasteiger partial charge is 0.465 e. The van der Waals surface area contributed by atoms with Gasteiger partial charge in [-0.2, -0.15) is 0 Å². The number of hydrogen-bond donors (Lipinski definition) is 3. The first-order chi connectivity index (χ1) is 8.06. The van der Waals surface area contributed by atoms with E-state index in [1.165, 1.54) is 6.42 Å². The molecule has 8 nitrogen and oxygen atoms in total. The smallest absolute Gasteiger partial charge is 0.404 e. The van der Waals surface area contributed by atoms with E-state index in [1.54, 1.807) is 0 Å². The van der Waals surface area contributed by atoms with Gasteiger partial charge in [-0.25, -0.2) is 4.79 Å². The normalized spacial score (nSPS) is 15.4. The molecular formula is C9H19N3O5. The van der Waals surface area contributed by atoms with Crippen LogP contribution in [0.3, 0.4) is 0 Å². The van der Waals surface area contributed by atoms with E-state index in [0.717, 1.165) is 25.7 Å². The number of nitrogens with two attached hydrogens (primary N) is 1. The number of rotatable bonds is 4. The van der Waals surface area contributed by atoms with Crippen molar-refractivity contribution in [3.63, 3.8) is 0 Å². The quantitative estimate of drug-likeness (QED) is 0.498. The first-order valence-corrected chi connectivity index (χ1v) is 5.54. The minimum Gasteiger partial charge on any atom is -0.465 e. The van der Waals surface area contributed by atoms with Gasteiger partial charge in [-0.05, 0) is 12.8 Å². The van der Waals surface area contributed by atoms with Crippen LogP contribution in [0.15, 0.2) is 0 Å². The predicted molar refractivity (Wildman–Crippen MR) is 60.0 cm³/mol. The Morgan fingerprint density at radius 2 is 2.06 bits per heavy atom. The fraction of sp³-hybridized carbons (Fsp3) is 0.889. The standard InChI is InChI=1S/C6H11NO3.C3H8N2O2/c8-7(9)10-6-4-2-1-3-5-6;4-1-2-5-3(6)7/h6H,1-5H2;5H,1-2,4H2,(H,6,7). The molecule has 0 unspecified atom stereocenters. The molecule has 100 valence electrons. The van der Waals surface area contributed by atoms with Gasteiger partial charge in [0.05, 0.1) is 0 Å². The van der Waals surface area contributed by atoms with Crippen molar-refractivity contribution in [2.24, 2.45) is 5.73 Å². The van der Waals surface area contributed by atoms with Crippen molar-refractivity contribution in [3.8, 4) is 0 Å². The fourth-order valence-electron chi connectivity index (χ4n) is 1.47. The van der Waals surface area contributed by atoms with Gasteiger partial charge in [0.2, 0.25) is 0 Å². The SMILES string of the molecule is NCCNC(=O)O.O=[N+]([O-])OC1CCCCC1. The minimum atomic E-state index is -1.02. The van der Waals surface area contributed by atoms with Crippen molar-refractivity contribution >= 4 is 6.09 Å². The van der Waals surface area contributed by atoms with Crippen LogP contribution in [0.25, 0.3) is 0 Å². The van der Waals surface area contributed by atoms with E-state index >= 15 is 0 Å². The molecule has 0 aromatic heterocycles. The molecule has 0 radical (unpaired) electrons. The van der Waals surface area contributed by atoms with Crippen molar-refractivity contribution in [2.75, 3.05) is 13.1 Å². The number of carboxylic acid groups (broad SMARTS) is 1. The lowest BCUT2D eigenvalue weighted by Crippen LogP contribution is -2.27. The summed E-state index contributed by atoms with van der Waals surface area (Å²) >= 11 is 0. The lowest BCUT2D eigenvalue weighted by molar-refractivity contribution is -0.769. The molecule has 0 saturated heterocycles. The number of carbonyl (C=O) groups is 1. The van der Waals surface area contributed by atoms with E-state index in [0.29, 0.717) is 13.1 Å². The van der Waals surface area contributed by atoms with Crippen LogP contribution in [-0.2, 0) is 4.84 Å². The molecule has 0 spiro atoms. The second-order valence-electron chi connectivity index (χ2n) is 3.61. The lowest BCUT2D eigenvalue weighted by atomic mass is 9.98. The highest BCUT2D eigenvalue weighted by molar-refractivity contribution is 5.64. The third-order valence-electron chi connectivity index (χ3n) is 2.21. The summed E-state index contributed by atoms with van der Waals surface area (Å²) < 4.78 is 0. The molecule has 0 bridgehead atoms. The van der Waals surface area contributed by atoms with E-state index in [1.807, 2.05) is 0 Å². The summed E-state index contributed by atoms with van der Waals surface area (Å²) in [6.45, 7) is 0.682. The number of amides is 1. The van der Waals surface area contributed by atoms with Crippen LogP contribution in [-0.4, -0.2) is 35.5 Å². The summed E-state index contributed by atoms with van der Waals surface area (Å²) in [5.74, 6) is 0. The molecule has 0 aliphatic heterocycles. The number of nitrogens with zero attached hydrogens (tertiary/aromatic N) is 1. The zero-order valence-electron chi connectivity index (χ0n) is 9.63. The van der Waals surface area contributed by atoms with Crippen LogP contribution in [0.2, 0.25) is 0 Å². The van der Waals surface area contributed by atoms with Gasteiger partial charge in [-0.1, -0.05) is 19.3 Å². The van der Waals surface area contributed by atoms with Crippen molar-refractivity contribution in [1.82, 2.24) is 5.32 Å². The summed E-state index contributed by atoms with van der Waals surface area (Å²) in [5, 5.41) is 19.1. The highest BCUT2D eigenvalue weighted by Crippen LogP contribution is 2.19. The molecular weight excluding hydrogens is 230 g/mol. The molecule has 1 amide bonds. The Morgan fingerprint density at radius 3 is 2.41 bits per heavy atom. The van der Waals surface area contributed by atoms with Crippen LogP contribution in [0.4, 0.5) is 4.79 Å². The lowest BCUT2D eigenvalue weighted by Gasteiger charge is -2.18. The van der Waals surface area contributed by atoms with Crippen LogP contribution >= 0.6 is 0 Å². The summed E-state index contributed by atoms with van der Waals surface area (Å²) in [6, 6.07) is 0. The highest BCUT2D eigenvalue weighted by atomic mass is 17.0. The van der Waals surface area contributed by atoms with E-state index in [2.05, 4.69) is 10.2 Å². The molecule has 1 aliphatic carbocycles. The average molecular weight is 249 g/mol. The summed E-state index contributed by atoms with van der Waals surface area (Å²) in [7, 11) is 0.